The summed E-state index contributed by atoms with van der Waals surface area (Å²) < 4.78 is 23.6. The predicted molar refractivity (Wildman–Crippen MR) is 106 cm³/mol. The number of nitrogens with zero attached hydrogens (tertiary/aromatic N) is 3. The summed E-state index contributed by atoms with van der Waals surface area (Å²) in [6.07, 6.45) is 3.16. The topological polar surface area (TPSA) is 96.7 Å². The number of rotatable bonds is 8. The van der Waals surface area contributed by atoms with Crippen molar-refractivity contribution in [3.63, 3.8) is 0 Å². The molecule has 9 heteroatoms. The summed E-state index contributed by atoms with van der Waals surface area (Å²) in [5.41, 5.74) is 1.76. The first-order valence-corrected chi connectivity index (χ1v) is 9.40. The molecule has 0 radical (unpaired) electrons. The maximum absolute atomic E-state index is 13.0. The van der Waals surface area contributed by atoms with Crippen molar-refractivity contribution in [3.05, 3.63) is 35.3 Å². The zero-order chi connectivity index (χ0) is 21.0. The fourth-order valence-corrected chi connectivity index (χ4v) is 3.30. The number of hydrogen-bond donors (Lipinski definition) is 1. The van der Waals surface area contributed by atoms with Gasteiger partial charge in [-0.05, 0) is 19.4 Å². The van der Waals surface area contributed by atoms with Crippen LogP contribution in [-0.4, -0.2) is 48.7 Å². The first-order chi connectivity index (χ1) is 14.0. The maximum Gasteiger partial charge on any atom is 0.338 e. The number of ether oxygens (including phenoxy) is 4. The molecule has 9 nitrogen and oxygen atoms in total. The molecular weight excluding hydrogens is 376 g/mol. The highest BCUT2D eigenvalue weighted by molar-refractivity contribution is 5.92. The Balaban J connectivity index is 2.15. The highest BCUT2D eigenvalue weighted by Crippen LogP contribution is 2.43. The number of carbonyl (C=O) groups is 1. The minimum Gasteiger partial charge on any atom is -0.496 e. The number of unbranched alkanes of at least 4 members (excludes halogenated alkanes) is 1. The van der Waals surface area contributed by atoms with E-state index in [1.165, 1.54) is 6.33 Å². The van der Waals surface area contributed by atoms with Gasteiger partial charge < -0.3 is 24.3 Å². The molecule has 0 fully saturated rings. The molecule has 1 aromatic carbocycles. The van der Waals surface area contributed by atoms with Gasteiger partial charge in [-0.2, -0.15) is 10.1 Å². The quantitative estimate of drug-likeness (QED) is 0.532. The second-order valence-electron chi connectivity index (χ2n) is 6.53. The van der Waals surface area contributed by atoms with Crippen LogP contribution in [-0.2, 0) is 9.53 Å². The van der Waals surface area contributed by atoms with E-state index < -0.39 is 12.0 Å². The van der Waals surface area contributed by atoms with E-state index in [1.54, 1.807) is 38.1 Å². The van der Waals surface area contributed by atoms with Crippen LogP contribution in [0.25, 0.3) is 0 Å². The Bertz CT molecular complexity index is 922. The van der Waals surface area contributed by atoms with E-state index >= 15 is 0 Å². The Morgan fingerprint density at radius 1 is 1.14 bits per heavy atom. The fraction of sp³-hybridized carbons (Fsp3) is 0.450. The number of esters is 1. The minimum absolute atomic E-state index is 0.353. The number of benzene rings is 1. The zero-order valence-corrected chi connectivity index (χ0v) is 17.3. The second kappa shape index (κ2) is 8.85. The molecule has 29 heavy (non-hydrogen) atoms. The number of anilines is 1. The van der Waals surface area contributed by atoms with Gasteiger partial charge in [0.05, 0.1) is 33.5 Å². The lowest BCUT2D eigenvalue weighted by Gasteiger charge is -2.29. The van der Waals surface area contributed by atoms with E-state index in [2.05, 4.69) is 15.4 Å². The number of allylic oxidation sites excluding steroid dienone is 1. The summed E-state index contributed by atoms with van der Waals surface area (Å²) in [5.74, 6) is 1.68. The third-order valence-electron chi connectivity index (χ3n) is 4.78. The molecule has 1 aromatic heterocycles. The van der Waals surface area contributed by atoms with Crippen molar-refractivity contribution in [2.75, 3.05) is 33.3 Å². The first-order valence-electron chi connectivity index (χ1n) is 9.40. The fourth-order valence-electron chi connectivity index (χ4n) is 3.30. The van der Waals surface area contributed by atoms with Gasteiger partial charge in [0.15, 0.2) is 11.5 Å². The third-order valence-corrected chi connectivity index (χ3v) is 4.78. The highest BCUT2D eigenvalue weighted by Gasteiger charge is 2.36. The molecule has 2 heterocycles. The van der Waals surface area contributed by atoms with Gasteiger partial charge in [-0.15, -0.1) is 0 Å². The van der Waals surface area contributed by atoms with E-state index in [0.29, 0.717) is 46.6 Å². The summed E-state index contributed by atoms with van der Waals surface area (Å²) in [6.45, 7) is 4.21. The Morgan fingerprint density at radius 3 is 2.48 bits per heavy atom. The molecule has 3 rings (SSSR count). The summed E-state index contributed by atoms with van der Waals surface area (Å²) in [4.78, 5) is 17.2. The van der Waals surface area contributed by atoms with Crippen LogP contribution in [0.5, 0.6) is 17.2 Å². The predicted octanol–water partition coefficient (Wildman–Crippen LogP) is 2.94. The Hall–Kier alpha value is -3.23. The molecule has 1 N–H and O–H groups in total. The van der Waals surface area contributed by atoms with Crippen molar-refractivity contribution in [2.45, 2.75) is 32.7 Å². The average Bonchev–Trinajstić information content (AvgIpc) is 3.19. The van der Waals surface area contributed by atoms with Gasteiger partial charge >= 0.3 is 5.97 Å². The van der Waals surface area contributed by atoms with Crippen LogP contribution in [0.3, 0.4) is 0 Å². The Kier molecular flexibility index (Phi) is 6.26. The van der Waals surface area contributed by atoms with Crippen LogP contribution in [0.15, 0.2) is 29.7 Å². The van der Waals surface area contributed by atoms with Crippen molar-refractivity contribution in [1.29, 1.82) is 0 Å². The van der Waals surface area contributed by atoms with Crippen LogP contribution in [0.2, 0.25) is 0 Å². The van der Waals surface area contributed by atoms with Gasteiger partial charge in [0.25, 0.3) is 0 Å². The lowest BCUT2D eigenvalue weighted by Crippen LogP contribution is -2.30. The molecule has 0 amide bonds. The number of fused-ring (bicyclic) bond motifs is 1. The SMILES string of the molecule is CCCCOC(=O)C1=C(C)Nc2ncnn2[C@H]1c1cc(OC)c(OC)cc1OC. The normalized spacial score (nSPS) is 15.4. The van der Waals surface area contributed by atoms with Gasteiger partial charge in [0, 0.05) is 17.3 Å². The Morgan fingerprint density at radius 2 is 1.83 bits per heavy atom. The molecule has 0 saturated carbocycles. The second-order valence-corrected chi connectivity index (χ2v) is 6.53. The molecule has 1 aliphatic heterocycles. The smallest absolute Gasteiger partial charge is 0.338 e. The molecule has 1 aliphatic rings. The molecule has 0 bridgehead atoms. The molecule has 0 saturated heterocycles. The minimum atomic E-state index is -0.599. The third kappa shape index (κ3) is 3.85. The summed E-state index contributed by atoms with van der Waals surface area (Å²) in [5, 5.41) is 7.45. The Labute approximate surface area is 169 Å². The monoisotopic (exact) mass is 402 g/mol. The average molecular weight is 402 g/mol. The molecule has 0 unspecified atom stereocenters. The van der Waals surface area contributed by atoms with Gasteiger partial charge in [0.1, 0.15) is 18.1 Å². The summed E-state index contributed by atoms with van der Waals surface area (Å²) in [6, 6.07) is 2.91. The molecule has 156 valence electrons. The van der Waals surface area contributed by atoms with E-state index in [9.17, 15) is 4.79 Å². The van der Waals surface area contributed by atoms with Gasteiger partial charge in [0.2, 0.25) is 5.95 Å². The molecular formula is C20H26N4O5. The van der Waals surface area contributed by atoms with Crippen molar-refractivity contribution >= 4 is 11.9 Å². The standard InChI is InChI=1S/C20H26N4O5/c1-6-7-8-29-19(25)17-12(2)23-20-21-11-22-24(20)18(17)13-9-15(27-4)16(28-5)10-14(13)26-3/h9-11,18H,6-8H2,1-5H3,(H,21,22,23)/t18-/m0/s1. The maximum atomic E-state index is 13.0. The number of hydrogen-bond acceptors (Lipinski definition) is 8. The molecule has 0 spiro atoms. The van der Waals surface area contributed by atoms with Crippen molar-refractivity contribution in [3.8, 4) is 17.2 Å². The van der Waals surface area contributed by atoms with Crippen molar-refractivity contribution in [2.24, 2.45) is 0 Å². The highest BCUT2D eigenvalue weighted by atomic mass is 16.5. The van der Waals surface area contributed by atoms with Crippen molar-refractivity contribution in [1.82, 2.24) is 14.8 Å². The van der Waals surface area contributed by atoms with Crippen molar-refractivity contribution < 1.29 is 23.7 Å². The van der Waals surface area contributed by atoms with E-state index in [-0.39, 0.29) is 0 Å². The summed E-state index contributed by atoms with van der Waals surface area (Å²) >= 11 is 0. The van der Waals surface area contributed by atoms with Crippen LogP contribution in [0.4, 0.5) is 5.95 Å². The number of nitrogens with one attached hydrogen (secondary N) is 1. The zero-order valence-electron chi connectivity index (χ0n) is 17.3. The van der Waals surface area contributed by atoms with E-state index in [0.717, 1.165) is 12.8 Å². The van der Waals surface area contributed by atoms with Crippen LogP contribution in [0, 0.1) is 0 Å². The largest absolute Gasteiger partial charge is 0.496 e. The molecule has 2 aromatic rings. The lowest BCUT2D eigenvalue weighted by atomic mass is 9.94. The van der Waals surface area contributed by atoms with Gasteiger partial charge in [-0.3, -0.25) is 0 Å². The molecule has 0 aliphatic carbocycles. The molecule has 1 atom stereocenters. The van der Waals surface area contributed by atoms with E-state index in [1.807, 2.05) is 13.8 Å². The first kappa shape index (κ1) is 20.5. The number of carbonyl (C=O) groups excluding carboxylic acids is 1. The van der Waals surface area contributed by atoms with E-state index in [4.69, 9.17) is 18.9 Å². The van der Waals surface area contributed by atoms with Gasteiger partial charge in [-0.25, -0.2) is 9.48 Å². The lowest BCUT2D eigenvalue weighted by molar-refractivity contribution is -0.139. The number of aromatic nitrogens is 3. The number of methoxy groups -OCH3 is 3. The summed E-state index contributed by atoms with van der Waals surface area (Å²) in [7, 11) is 4.67. The van der Waals surface area contributed by atoms with Crippen LogP contribution < -0.4 is 19.5 Å². The van der Waals surface area contributed by atoms with Gasteiger partial charge in [-0.1, -0.05) is 13.3 Å². The van der Waals surface area contributed by atoms with Crippen LogP contribution >= 0.6 is 0 Å². The van der Waals surface area contributed by atoms with Crippen LogP contribution in [0.1, 0.15) is 38.3 Å².